The fraction of sp³-hybridized carbons (Fsp3) is 0.0476. The van der Waals surface area contributed by atoms with Gasteiger partial charge in [-0.25, -0.2) is 0 Å². The lowest BCUT2D eigenvalue weighted by Gasteiger charge is -2.09. The molecule has 1 heterocycles. The smallest absolute Gasteiger partial charge is 0.257 e. The van der Waals surface area contributed by atoms with Gasteiger partial charge in [0.25, 0.3) is 11.8 Å². The van der Waals surface area contributed by atoms with E-state index in [0.29, 0.717) is 16.8 Å². The molecule has 0 aliphatic rings. The summed E-state index contributed by atoms with van der Waals surface area (Å²) >= 11 is 4.93. The number of rotatable bonds is 5. The number of thiophene rings is 1. The van der Waals surface area contributed by atoms with Gasteiger partial charge in [0.2, 0.25) is 0 Å². The number of amides is 2. The summed E-state index contributed by atoms with van der Waals surface area (Å²) in [5, 5.41) is 7.42. The lowest BCUT2D eigenvalue weighted by molar-refractivity contribution is -0.111. The van der Waals surface area contributed by atoms with E-state index in [9.17, 15) is 9.59 Å². The van der Waals surface area contributed by atoms with E-state index in [0.717, 1.165) is 14.9 Å². The molecule has 4 nitrogen and oxygen atoms in total. The zero-order chi connectivity index (χ0) is 19.2. The Morgan fingerprint density at radius 2 is 1.70 bits per heavy atom. The van der Waals surface area contributed by atoms with Gasteiger partial charge in [-0.3, -0.25) is 9.59 Å². The van der Waals surface area contributed by atoms with Crippen molar-refractivity contribution < 1.29 is 9.59 Å². The molecule has 2 N–H and O–H groups in total. The standard InChI is InChI=1S/C21H17BrN2O2S/c1-23-20(25)15-6-10-17(11-7-15)24-21(26)18(19-3-2-12-27-19)13-14-4-8-16(22)9-5-14/h2-13H,1H3,(H,23,25)(H,24,26). The van der Waals surface area contributed by atoms with Crippen LogP contribution in [-0.2, 0) is 4.79 Å². The Bertz CT molecular complexity index is 962. The molecule has 0 atom stereocenters. The molecule has 3 rings (SSSR count). The van der Waals surface area contributed by atoms with E-state index in [1.54, 1.807) is 31.3 Å². The predicted octanol–water partition coefficient (Wildman–Crippen LogP) is 5.05. The van der Waals surface area contributed by atoms with Crippen LogP contribution in [0.25, 0.3) is 11.6 Å². The molecule has 0 aliphatic carbocycles. The van der Waals surface area contributed by atoms with E-state index in [-0.39, 0.29) is 11.8 Å². The molecule has 3 aromatic rings. The molecular weight excluding hydrogens is 424 g/mol. The maximum Gasteiger partial charge on any atom is 0.257 e. The zero-order valence-electron chi connectivity index (χ0n) is 14.5. The van der Waals surface area contributed by atoms with E-state index in [4.69, 9.17) is 0 Å². The van der Waals surface area contributed by atoms with Gasteiger partial charge in [-0.05, 0) is 59.5 Å². The lowest BCUT2D eigenvalue weighted by atomic mass is 10.1. The fourth-order valence-corrected chi connectivity index (χ4v) is 3.46. The van der Waals surface area contributed by atoms with Crippen LogP contribution in [0.3, 0.4) is 0 Å². The number of benzene rings is 2. The van der Waals surface area contributed by atoms with Crippen molar-refractivity contribution in [2.24, 2.45) is 0 Å². The van der Waals surface area contributed by atoms with Crippen molar-refractivity contribution in [1.82, 2.24) is 5.32 Å². The van der Waals surface area contributed by atoms with E-state index < -0.39 is 0 Å². The molecule has 2 aromatic carbocycles. The number of anilines is 1. The molecule has 27 heavy (non-hydrogen) atoms. The van der Waals surface area contributed by atoms with Crippen molar-refractivity contribution in [3.63, 3.8) is 0 Å². The summed E-state index contributed by atoms with van der Waals surface area (Å²) in [4.78, 5) is 25.4. The third kappa shape index (κ3) is 4.93. The van der Waals surface area contributed by atoms with Crippen molar-refractivity contribution in [2.75, 3.05) is 12.4 Å². The number of carbonyl (C=O) groups excluding carboxylic acids is 2. The largest absolute Gasteiger partial charge is 0.355 e. The topological polar surface area (TPSA) is 58.2 Å². The molecule has 0 radical (unpaired) electrons. The molecular formula is C21H17BrN2O2S. The Kier molecular flexibility index (Phi) is 6.21. The molecule has 136 valence electrons. The van der Waals surface area contributed by atoms with Crippen molar-refractivity contribution in [1.29, 1.82) is 0 Å². The molecule has 0 saturated carbocycles. The van der Waals surface area contributed by atoms with Gasteiger partial charge < -0.3 is 10.6 Å². The normalized spacial score (nSPS) is 11.1. The first-order chi connectivity index (χ1) is 13.1. The second kappa shape index (κ2) is 8.79. The summed E-state index contributed by atoms with van der Waals surface area (Å²) in [5.74, 6) is -0.365. The van der Waals surface area contributed by atoms with E-state index in [1.807, 2.05) is 47.9 Å². The summed E-state index contributed by atoms with van der Waals surface area (Å²) in [6.07, 6.45) is 1.87. The summed E-state index contributed by atoms with van der Waals surface area (Å²) < 4.78 is 0.984. The van der Waals surface area contributed by atoms with E-state index >= 15 is 0 Å². The first-order valence-electron chi connectivity index (χ1n) is 8.21. The van der Waals surface area contributed by atoms with Crippen LogP contribution in [0.15, 0.2) is 70.5 Å². The average Bonchev–Trinajstić information content (AvgIpc) is 3.21. The maximum atomic E-state index is 12.9. The van der Waals surface area contributed by atoms with Crippen molar-refractivity contribution >= 4 is 56.4 Å². The molecule has 6 heteroatoms. The molecule has 0 unspecified atom stereocenters. The average molecular weight is 441 g/mol. The monoisotopic (exact) mass is 440 g/mol. The van der Waals surface area contributed by atoms with Crippen LogP contribution < -0.4 is 10.6 Å². The number of hydrogen-bond donors (Lipinski definition) is 2. The maximum absolute atomic E-state index is 12.9. The van der Waals surface area contributed by atoms with Crippen LogP contribution >= 0.6 is 27.3 Å². The highest BCUT2D eigenvalue weighted by Gasteiger charge is 2.14. The van der Waals surface area contributed by atoms with Gasteiger partial charge in [0, 0.05) is 27.6 Å². The van der Waals surface area contributed by atoms with Gasteiger partial charge in [0.15, 0.2) is 0 Å². The minimum atomic E-state index is -0.201. The van der Waals surface area contributed by atoms with Crippen LogP contribution in [0.4, 0.5) is 5.69 Å². The van der Waals surface area contributed by atoms with Crippen LogP contribution in [-0.4, -0.2) is 18.9 Å². The van der Waals surface area contributed by atoms with Gasteiger partial charge in [-0.2, -0.15) is 0 Å². The Morgan fingerprint density at radius 1 is 1.00 bits per heavy atom. The second-order valence-corrected chi connectivity index (χ2v) is 7.56. The molecule has 0 bridgehead atoms. The predicted molar refractivity (Wildman–Crippen MR) is 115 cm³/mol. The highest BCUT2D eigenvalue weighted by Crippen LogP contribution is 2.25. The molecule has 2 amide bonds. The summed E-state index contributed by atoms with van der Waals surface area (Å²) in [6.45, 7) is 0. The molecule has 0 fully saturated rings. The Morgan fingerprint density at radius 3 is 2.30 bits per heavy atom. The Balaban J connectivity index is 1.85. The van der Waals surface area contributed by atoms with Crippen LogP contribution in [0, 0.1) is 0 Å². The van der Waals surface area contributed by atoms with Crippen molar-refractivity contribution in [3.8, 4) is 0 Å². The van der Waals surface area contributed by atoms with Crippen LogP contribution in [0.1, 0.15) is 20.8 Å². The van der Waals surface area contributed by atoms with E-state index in [1.165, 1.54) is 11.3 Å². The van der Waals surface area contributed by atoms with E-state index in [2.05, 4.69) is 26.6 Å². The van der Waals surface area contributed by atoms with Crippen LogP contribution in [0.2, 0.25) is 0 Å². The summed E-state index contributed by atoms with van der Waals surface area (Å²) in [5.41, 5.74) is 2.69. The van der Waals surface area contributed by atoms with Gasteiger partial charge in [0.05, 0.1) is 5.57 Å². The highest BCUT2D eigenvalue weighted by atomic mass is 79.9. The third-order valence-electron chi connectivity index (χ3n) is 3.84. The van der Waals surface area contributed by atoms with Gasteiger partial charge in [-0.15, -0.1) is 11.3 Å². The lowest BCUT2D eigenvalue weighted by Crippen LogP contribution is -2.18. The fourth-order valence-electron chi connectivity index (χ4n) is 2.45. The minimum absolute atomic E-state index is 0.165. The van der Waals surface area contributed by atoms with Gasteiger partial charge in [0.1, 0.15) is 0 Å². The summed E-state index contributed by atoms with van der Waals surface area (Å²) in [7, 11) is 1.58. The SMILES string of the molecule is CNC(=O)c1ccc(NC(=O)C(=Cc2ccc(Br)cc2)c2cccs2)cc1. The van der Waals surface area contributed by atoms with Gasteiger partial charge in [-0.1, -0.05) is 34.1 Å². The third-order valence-corrected chi connectivity index (χ3v) is 5.28. The van der Waals surface area contributed by atoms with Crippen molar-refractivity contribution in [3.05, 3.63) is 86.5 Å². The first-order valence-corrected chi connectivity index (χ1v) is 9.89. The van der Waals surface area contributed by atoms with Gasteiger partial charge >= 0.3 is 0 Å². The quantitative estimate of drug-likeness (QED) is 0.545. The number of halogens is 1. The summed E-state index contributed by atoms with van der Waals surface area (Å²) in [6, 6.07) is 18.4. The Hall–Kier alpha value is -2.70. The van der Waals surface area contributed by atoms with Crippen LogP contribution in [0.5, 0.6) is 0 Å². The Labute approximate surface area is 170 Å². The first kappa shape index (κ1) is 19.1. The molecule has 0 aliphatic heterocycles. The zero-order valence-corrected chi connectivity index (χ0v) is 16.9. The minimum Gasteiger partial charge on any atom is -0.355 e. The number of nitrogens with one attached hydrogen (secondary N) is 2. The van der Waals surface area contributed by atoms with Crippen molar-refractivity contribution in [2.45, 2.75) is 0 Å². The number of hydrogen-bond acceptors (Lipinski definition) is 3. The number of carbonyl (C=O) groups is 2. The molecule has 1 aromatic heterocycles. The second-order valence-electron chi connectivity index (χ2n) is 5.70. The molecule has 0 saturated heterocycles. The molecule has 0 spiro atoms. The highest BCUT2D eigenvalue weighted by molar-refractivity contribution is 9.10.